The third-order valence-corrected chi connectivity index (χ3v) is 6.96. The molecule has 0 saturated carbocycles. The molecule has 0 bridgehead atoms. The van der Waals surface area contributed by atoms with Crippen LogP contribution in [-0.2, 0) is 0 Å². The zero-order valence-corrected chi connectivity index (χ0v) is 18.3. The Kier molecular flexibility index (Phi) is 20.7. The fraction of sp³-hybridized carbons (Fsp3) is 1.00. The Balaban J connectivity index is 2.93. The summed E-state index contributed by atoms with van der Waals surface area (Å²) < 4.78 is 0. The van der Waals surface area contributed by atoms with Crippen LogP contribution in [0.1, 0.15) is 110 Å². The molecule has 0 aliphatic carbocycles. The number of hydrogen-bond acceptors (Lipinski definition) is 0. The molecule has 0 aromatic rings. The quantitative estimate of drug-likeness (QED) is 0.155. The van der Waals surface area contributed by atoms with Gasteiger partial charge in [-0.1, -0.05) is 103 Å². The number of hydrogen-bond donors (Lipinski definition) is 0. The molecule has 0 spiro atoms. The molecule has 0 amide bonds. The van der Waals surface area contributed by atoms with Gasteiger partial charge in [0, 0.05) is 5.33 Å². The van der Waals surface area contributed by atoms with Crippen molar-refractivity contribution in [2.75, 3.05) is 6.16 Å². The van der Waals surface area contributed by atoms with E-state index in [-0.39, 0.29) is 5.33 Å². The van der Waals surface area contributed by atoms with Crippen molar-refractivity contribution >= 4 is 36.3 Å². The summed E-state index contributed by atoms with van der Waals surface area (Å²) in [5.41, 5.74) is 0. The third-order valence-electron chi connectivity index (χ3n) is 4.18. The zero-order chi connectivity index (χ0) is 15.6. The summed E-state index contributed by atoms with van der Waals surface area (Å²) in [6.45, 7) is 2.29. The van der Waals surface area contributed by atoms with Gasteiger partial charge in [0.2, 0.25) is 0 Å². The van der Waals surface area contributed by atoms with Crippen molar-refractivity contribution in [2.24, 2.45) is 0 Å². The Morgan fingerprint density at radius 3 is 1.05 bits per heavy atom. The number of unbranched alkanes of at least 4 members (excludes halogenated alkanes) is 15. The minimum absolute atomic E-state index is 0.0181. The molecule has 0 atom stereocenters. The van der Waals surface area contributed by atoms with E-state index in [0.717, 1.165) is 0 Å². The van der Waals surface area contributed by atoms with E-state index in [0.29, 0.717) is 0 Å². The second kappa shape index (κ2) is 19.4. The van der Waals surface area contributed by atoms with Crippen molar-refractivity contribution in [3.05, 3.63) is 0 Å². The summed E-state index contributed by atoms with van der Waals surface area (Å²) in [5, 5.41) is -0.0181. The summed E-state index contributed by atoms with van der Waals surface area (Å²) in [7, 11) is 0. The summed E-state index contributed by atoms with van der Waals surface area (Å²) in [4.78, 5) is 0. The smallest absolute Gasteiger partial charge is 0.0346 e. The molecule has 21 heavy (non-hydrogen) atoms. The highest BCUT2D eigenvalue weighted by atomic mass is 79.9. The Labute approximate surface area is 151 Å². The molecule has 0 radical (unpaired) electrons. The van der Waals surface area contributed by atoms with Gasteiger partial charge in [0.25, 0.3) is 0 Å². The maximum Gasteiger partial charge on any atom is 0.0346 e. The summed E-state index contributed by atoms with van der Waals surface area (Å²) >= 11 is 7.20. The van der Waals surface area contributed by atoms with Crippen LogP contribution in [0, 0.1) is 0 Å². The molecule has 0 nitrogen and oxygen atoms in total. The van der Waals surface area contributed by atoms with Crippen LogP contribution in [0.5, 0.6) is 0 Å². The van der Waals surface area contributed by atoms with Crippen molar-refractivity contribution in [3.63, 3.8) is 0 Å². The zero-order valence-electron chi connectivity index (χ0n) is 14.2. The van der Waals surface area contributed by atoms with Gasteiger partial charge < -0.3 is 0 Å². The van der Waals surface area contributed by atoms with Gasteiger partial charge in [-0.05, 0) is 43.6 Å². The Morgan fingerprint density at radius 2 is 0.762 bits per heavy atom. The molecule has 0 fully saturated rings. The first-order valence-corrected chi connectivity index (χ1v) is 14.9. The van der Waals surface area contributed by atoms with Crippen LogP contribution in [0.2, 0.25) is 0 Å². The lowest BCUT2D eigenvalue weighted by atomic mass is 10.0. The first-order chi connectivity index (χ1) is 10.3. The maximum absolute atomic E-state index is 3.60. The van der Waals surface area contributed by atoms with Gasteiger partial charge in [-0.2, -0.15) is 0 Å². The predicted molar refractivity (Wildman–Crippen MR) is 109 cm³/mol. The van der Waals surface area contributed by atoms with Crippen molar-refractivity contribution in [1.29, 1.82) is 0 Å². The topological polar surface area (TPSA) is 0 Å². The van der Waals surface area contributed by atoms with Crippen LogP contribution in [0.25, 0.3) is 0 Å². The van der Waals surface area contributed by atoms with Crippen LogP contribution in [-0.4, -0.2) is 6.16 Å². The highest BCUT2D eigenvalue weighted by molar-refractivity contribution is 9.69. The highest BCUT2D eigenvalue weighted by Gasteiger charge is 1.97. The molecular formula is C18H37Br2P. The SMILES string of the molecule is CCCCCCCCCCCCCCCCCCP(Br)Br. The first kappa shape index (κ1) is 22.4. The van der Waals surface area contributed by atoms with Crippen LogP contribution in [0.4, 0.5) is 0 Å². The monoisotopic (exact) mass is 442 g/mol. The molecule has 0 aliphatic rings. The average molecular weight is 444 g/mol. The van der Waals surface area contributed by atoms with Gasteiger partial charge in [-0.25, -0.2) is 0 Å². The third kappa shape index (κ3) is 21.4. The molecule has 0 aromatic heterocycles. The molecule has 0 aromatic carbocycles. The lowest BCUT2D eigenvalue weighted by Crippen LogP contribution is -1.84. The lowest BCUT2D eigenvalue weighted by molar-refractivity contribution is 0.531. The summed E-state index contributed by atoms with van der Waals surface area (Å²) in [5.74, 6) is 0. The van der Waals surface area contributed by atoms with Gasteiger partial charge in [0.15, 0.2) is 0 Å². The van der Waals surface area contributed by atoms with Crippen LogP contribution < -0.4 is 0 Å². The Bertz CT molecular complexity index is 186. The van der Waals surface area contributed by atoms with Gasteiger partial charge in [0.05, 0.1) is 0 Å². The van der Waals surface area contributed by atoms with Crippen molar-refractivity contribution < 1.29 is 0 Å². The van der Waals surface area contributed by atoms with Gasteiger partial charge in [-0.3, -0.25) is 0 Å². The molecule has 0 N–H and O–H groups in total. The first-order valence-electron chi connectivity index (χ1n) is 9.36. The van der Waals surface area contributed by atoms with E-state index in [2.05, 4.69) is 37.9 Å². The Morgan fingerprint density at radius 1 is 0.476 bits per heavy atom. The lowest BCUT2D eigenvalue weighted by Gasteiger charge is -2.04. The molecule has 0 aliphatic heterocycles. The Hall–Kier alpha value is 1.39. The predicted octanol–water partition coefficient (Wildman–Crippen LogP) is 9.35. The van der Waals surface area contributed by atoms with Crippen molar-refractivity contribution in [3.8, 4) is 0 Å². The van der Waals surface area contributed by atoms with E-state index < -0.39 is 0 Å². The summed E-state index contributed by atoms with van der Waals surface area (Å²) in [6, 6.07) is 0. The molecule has 0 heterocycles. The second-order valence-corrected chi connectivity index (χ2v) is 15.4. The van der Waals surface area contributed by atoms with E-state index in [9.17, 15) is 0 Å². The minimum atomic E-state index is -0.0181. The van der Waals surface area contributed by atoms with Crippen LogP contribution >= 0.6 is 36.3 Å². The number of rotatable bonds is 17. The minimum Gasteiger partial charge on any atom is -0.0654 e. The standard InChI is InChI=1S/C18H37Br2P/c1-2-3-4-5-6-7-8-9-10-11-12-13-14-15-16-17-18-21(19)20/h2-18H2,1H3. The molecule has 0 saturated heterocycles. The van der Waals surface area contributed by atoms with Gasteiger partial charge in [0.1, 0.15) is 0 Å². The molecule has 128 valence electrons. The fourth-order valence-electron chi connectivity index (χ4n) is 2.78. The number of halogens is 2. The van der Waals surface area contributed by atoms with Gasteiger partial charge >= 0.3 is 0 Å². The maximum atomic E-state index is 3.60. The van der Waals surface area contributed by atoms with E-state index >= 15 is 0 Å². The van der Waals surface area contributed by atoms with Crippen LogP contribution in [0.15, 0.2) is 0 Å². The van der Waals surface area contributed by atoms with Crippen LogP contribution in [0.3, 0.4) is 0 Å². The molecule has 3 heteroatoms. The fourth-order valence-corrected chi connectivity index (χ4v) is 4.75. The van der Waals surface area contributed by atoms with E-state index in [1.54, 1.807) is 0 Å². The summed E-state index contributed by atoms with van der Waals surface area (Å²) in [6.07, 6.45) is 24.6. The van der Waals surface area contributed by atoms with Crippen molar-refractivity contribution in [2.45, 2.75) is 110 Å². The molecular weight excluding hydrogens is 407 g/mol. The average Bonchev–Trinajstić information content (AvgIpc) is 2.46. The van der Waals surface area contributed by atoms with E-state index in [1.165, 1.54) is 109 Å². The molecule has 0 unspecified atom stereocenters. The molecule has 0 rings (SSSR count). The van der Waals surface area contributed by atoms with E-state index in [1.807, 2.05) is 0 Å². The normalized spacial score (nSPS) is 11.4. The van der Waals surface area contributed by atoms with Gasteiger partial charge in [-0.15, -0.1) is 0 Å². The second-order valence-electron chi connectivity index (χ2n) is 6.33. The highest BCUT2D eigenvalue weighted by Crippen LogP contribution is 2.52. The van der Waals surface area contributed by atoms with Crippen molar-refractivity contribution in [1.82, 2.24) is 0 Å². The van der Waals surface area contributed by atoms with E-state index in [4.69, 9.17) is 0 Å². The largest absolute Gasteiger partial charge is 0.0654 e.